The second kappa shape index (κ2) is 9.53. The van der Waals surface area contributed by atoms with Gasteiger partial charge in [0, 0.05) is 37.9 Å². The lowest BCUT2D eigenvalue weighted by Crippen LogP contribution is -2.49. The maximum atomic E-state index is 13.0. The van der Waals surface area contributed by atoms with Gasteiger partial charge in [-0.05, 0) is 50.2 Å². The molecule has 1 aliphatic rings. The Bertz CT molecular complexity index is 1200. The van der Waals surface area contributed by atoms with Crippen LogP contribution in [0.25, 0.3) is 5.69 Å². The van der Waals surface area contributed by atoms with E-state index < -0.39 is 5.97 Å². The predicted octanol–water partition coefficient (Wildman–Crippen LogP) is 2.59. The third-order valence-electron chi connectivity index (χ3n) is 5.63. The van der Waals surface area contributed by atoms with E-state index in [1.54, 1.807) is 49.0 Å². The summed E-state index contributed by atoms with van der Waals surface area (Å²) < 4.78 is 6.71. The van der Waals surface area contributed by atoms with Crippen LogP contribution in [-0.4, -0.2) is 64.3 Å². The fourth-order valence-corrected chi connectivity index (χ4v) is 3.81. The van der Waals surface area contributed by atoms with Gasteiger partial charge in [0.05, 0.1) is 35.8 Å². The average Bonchev–Trinajstić information content (AvgIpc) is 3.25. The Morgan fingerprint density at radius 1 is 1.12 bits per heavy atom. The number of hydrogen-bond acceptors (Lipinski definition) is 7. The predicted molar refractivity (Wildman–Crippen MR) is 121 cm³/mol. The summed E-state index contributed by atoms with van der Waals surface area (Å²) in [6.07, 6.45) is 3.12. The van der Waals surface area contributed by atoms with Gasteiger partial charge in [-0.2, -0.15) is 10.4 Å². The van der Waals surface area contributed by atoms with Crippen LogP contribution >= 0.6 is 0 Å². The molecule has 0 atom stereocenters. The van der Waals surface area contributed by atoms with Crippen molar-refractivity contribution in [3.63, 3.8) is 0 Å². The molecule has 0 bridgehead atoms. The van der Waals surface area contributed by atoms with Crippen LogP contribution in [0, 0.1) is 18.3 Å². The number of piperazine rings is 1. The second-order valence-corrected chi connectivity index (χ2v) is 7.62. The first-order valence-electron chi connectivity index (χ1n) is 10.7. The third kappa shape index (κ3) is 4.55. The van der Waals surface area contributed by atoms with Gasteiger partial charge in [-0.1, -0.05) is 0 Å². The van der Waals surface area contributed by atoms with Crippen molar-refractivity contribution in [3.05, 3.63) is 71.2 Å². The van der Waals surface area contributed by atoms with Crippen LogP contribution in [0.4, 0.5) is 5.82 Å². The Kier molecular flexibility index (Phi) is 6.36. The maximum absolute atomic E-state index is 13.0. The van der Waals surface area contributed by atoms with Crippen molar-refractivity contribution >= 4 is 17.7 Å². The molecule has 1 saturated heterocycles. The highest BCUT2D eigenvalue weighted by atomic mass is 16.5. The number of hydrogen-bond donors (Lipinski definition) is 0. The number of carbonyl (C=O) groups is 2. The van der Waals surface area contributed by atoms with Crippen LogP contribution in [0.15, 0.2) is 48.8 Å². The third-order valence-corrected chi connectivity index (χ3v) is 5.63. The lowest BCUT2D eigenvalue weighted by Gasteiger charge is -2.35. The van der Waals surface area contributed by atoms with Gasteiger partial charge in [-0.15, -0.1) is 0 Å². The smallest absolute Gasteiger partial charge is 0.341 e. The molecular weight excluding hydrogens is 420 g/mol. The zero-order chi connectivity index (χ0) is 23.4. The number of benzene rings is 1. The van der Waals surface area contributed by atoms with Crippen LogP contribution in [0.1, 0.15) is 38.9 Å². The molecule has 0 aliphatic carbocycles. The molecule has 3 aromatic rings. The number of amides is 1. The van der Waals surface area contributed by atoms with Crippen molar-refractivity contribution < 1.29 is 14.3 Å². The molecule has 1 fully saturated rings. The average molecular weight is 444 g/mol. The number of carbonyl (C=O) groups excluding carboxylic acids is 2. The van der Waals surface area contributed by atoms with E-state index in [2.05, 4.69) is 21.1 Å². The number of rotatable bonds is 5. The summed E-state index contributed by atoms with van der Waals surface area (Å²) in [7, 11) is 0. The van der Waals surface area contributed by atoms with E-state index in [0.29, 0.717) is 55.2 Å². The molecule has 1 aromatic carbocycles. The van der Waals surface area contributed by atoms with Gasteiger partial charge in [0.2, 0.25) is 0 Å². The summed E-state index contributed by atoms with van der Waals surface area (Å²) in [4.78, 5) is 33.3. The largest absolute Gasteiger partial charge is 0.462 e. The molecule has 3 heterocycles. The van der Waals surface area contributed by atoms with Gasteiger partial charge in [-0.25, -0.2) is 14.5 Å². The van der Waals surface area contributed by atoms with E-state index in [0.717, 1.165) is 11.5 Å². The van der Waals surface area contributed by atoms with Crippen molar-refractivity contribution in [3.8, 4) is 11.8 Å². The zero-order valence-corrected chi connectivity index (χ0v) is 18.6. The quantitative estimate of drug-likeness (QED) is 0.557. The van der Waals surface area contributed by atoms with Crippen molar-refractivity contribution in [2.75, 3.05) is 37.7 Å². The van der Waals surface area contributed by atoms with E-state index in [9.17, 15) is 9.59 Å². The number of esters is 1. The second-order valence-electron chi connectivity index (χ2n) is 7.62. The van der Waals surface area contributed by atoms with Gasteiger partial charge in [-0.3, -0.25) is 4.79 Å². The molecule has 0 unspecified atom stereocenters. The Balaban J connectivity index is 1.41. The monoisotopic (exact) mass is 444 g/mol. The van der Waals surface area contributed by atoms with Crippen LogP contribution in [0.5, 0.6) is 0 Å². The highest BCUT2D eigenvalue weighted by molar-refractivity contribution is 5.94. The van der Waals surface area contributed by atoms with E-state index in [-0.39, 0.29) is 5.91 Å². The summed E-state index contributed by atoms with van der Waals surface area (Å²) in [5.74, 6) is 0.313. The van der Waals surface area contributed by atoms with Gasteiger partial charge < -0.3 is 14.5 Å². The molecule has 0 spiro atoms. The first-order chi connectivity index (χ1) is 16.0. The molecule has 9 heteroatoms. The van der Waals surface area contributed by atoms with Gasteiger partial charge in [0.25, 0.3) is 5.91 Å². The molecule has 0 saturated carbocycles. The topological polar surface area (TPSA) is 104 Å². The molecule has 33 heavy (non-hydrogen) atoms. The molecule has 1 amide bonds. The summed E-state index contributed by atoms with van der Waals surface area (Å²) >= 11 is 0. The Morgan fingerprint density at radius 2 is 1.85 bits per heavy atom. The van der Waals surface area contributed by atoms with Gasteiger partial charge >= 0.3 is 5.97 Å². The Morgan fingerprint density at radius 3 is 2.52 bits per heavy atom. The van der Waals surface area contributed by atoms with Crippen LogP contribution in [0.3, 0.4) is 0 Å². The fourth-order valence-electron chi connectivity index (χ4n) is 3.81. The van der Waals surface area contributed by atoms with Crippen molar-refractivity contribution in [1.82, 2.24) is 19.7 Å². The van der Waals surface area contributed by atoms with Crippen LogP contribution < -0.4 is 4.90 Å². The van der Waals surface area contributed by atoms with E-state index in [4.69, 9.17) is 10.00 Å². The molecule has 168 valence electrons. The highest BCUT2D eigenvalue weighted by Crippen LogP contribution is 2.19. The maximum Gasteiger partial charge on any atom is 0.341 e. The summed E-state index contributed by atoms with van der Waals surface area (Å²) in [6.45, 7) is 6.30. The number of anilines is 1. The number of ether oxygens (including phenoxy) is 1. The molecule has 9 nitrogen and oxygen atoms in total. The first kappa shape index (κ1) is 22.0. The minimum absolute atomic E-state index is 0.0377. The molecular formula is C24H24N6O3. The minimum Gasteiger partial charge on any atom is -0.462 e. The first-order valence-corrected chi connectivity index (χ1v) is 10.7. The fraction of sp³-hybridized carbons (Fsp3) is 0.292. The SMILES string of the molecule is CCOC(=O)c1cnn(-c2ccc(C(=O)N3CCN(c4cc(C#N)ccn4)CC3)cc2)c1C. The van der Waals surface area contributed by atoms with Gasteiger partial charge in [0.15, 0.2) is 0 Å². The number of nitrogens with zero attached hydrogens (tertiary/aromatic N) is 6. The van der Waals surface area contributed by atoms with E-state index in [1.165, 1.54) is 6.20 Å². The summed E-state index contributed by atoms with van der Waals surface area (Å²) in [6, 6.07) is 12.7. The molecule has 2 aromatic heterocycles. The standard InChI is InChI=1S/C24H24N6O3/c1-3-33-24(32)21-16-27-30(17(21)2)20-6-4-19(5-7-20)23(31)29-12-10-28(11-13-29)22-14-18(15-25)8-9-26-22/h4-9,14,16H,3,10-13H2,1-2H3. The highest BCUT2D eigenvalue weighted by Gasteiger charge is 2.23. The summed E-state index contributed by atoms with van der Waals surface area (Å²) in [5, 5.41) is 13.4. The number of aromatic nitrogens is 3. The Hall–Kier alpha value is -4.19. The number of pyridine rings is 1. The zero-order valence-electron chi connectivity index (χ0n) is 18.6. The minimum atomic E-state index is -0.401. The lowest BCUT2D eigenvalue weighted by atomic mass is 10.1. The molecule has 0 N–H and O–H groups in total. The Labute approximate surface area is 191 Å². The van der Waals surface area contributed by atoms with Gasteiger partial charge in [0.1, 0.15) is 11.4 Å². The lowest BCUT2D eigenvalue weighted by molar-refractivity contribution is 0.0525. The normalized spacial score (nSPS) is 13.5. The van der Waals surface area contributed by atoms with E-state index >= 15 is 0 Å². The van der Waals surface area contributed by atoms with Crippen LogP contribution in [-0.2, 0) is 4.74 Å². The molecule has 4 rings (SSSR count). The molecule has 0 radical (unpaired) electrons. The van der Waals surface area contributed by atoms with Crippen LogP contribution in [0.2, 0.25) is 0 Å². The molecule has 1 aliphatic heterocycles. The van der Waals surface area contributed by atoms with Crippen molar-refractivity contribution in [2.45, 2.75) is 13.8 Å². The summed E-state index contributed by atoms with van der Waals surface area (Å²) in [5.41, 5.74) is 3.02. The number of nitriles is 1. The van der Waals surface area contributed by atoms with E-state index in [1.807, 2.05) is 17.0 Å². The van der Waals surface area contributed by atoms with Crippen molar-refractivity contribution in [1.29, 1.82) is 5.26 Å². The van der Waals surface area contributed by atoms with Crippen molar-refractivity contribution in [2.24, 2.45) is 0 Å².